The highest BCUT2D eigenvalue weighted by molar-refractivity contribution is 4.91. The van der Waals surface area contributed by atoms with Gasteiger partial charge in [0, 0.05) is 37.7 Å². The molecule has 1 saturated heterocycles. The molecule has 2 N–H and O–H groups in total. The van der Waals surface area contributed by atoms with Crippen LogP contribution < -0.4 is 5.32 Å². The van der Waals surface area contributed by atoms with Crippen molar-refractivity contribution < 1.29 is 9.84 Å². The molecule has 0 aromatic carbocycles. The number of ether oxygens (including phenoxy) is 1. The van der Waals surface area contributed by atoms with Crippen LogP contribution in [0.5, 0.6) is 0 Å². The van der Waals surface area contributed by atoms with E-state index in [-0.39, 0.29) is 12.0 Å². The highest BCUT2D eigenvalue weighted by atomic mass is 16.5. The lowest BCUT2D eigenvalue weighted by molar-refractivity contribution is -0.0274. The van der Waals surface area contributed by atoms with E-state index < -0.39 is 0 Å². The van der Waals surface area contributed by atoms with Crippen LogP contribution in [-0.4, -0.2) is 62.0 Å². The summed E-state index contributed by atoms with van der Waals surface area (Å²) in [5.41, 5.74) is 0.256. The molecule has 106 valence electrons. The third kappa shape index (κ3) is 4.19. The molecule has 2 fully saturated rings. The molecular weight excluding hydrogens is 228 g/mol. The van der Waals surface area contributed by atoms with Crippen LogP contribution in [0.4, 0.5) is 0 Å². The van der Waals surface area contributed by atoms with Gasteiger partial charge in [-0.15, -0.1) is 0 Å². The number of hydrogen-bond donors (Lipinski definition) is 2. The summed E-state index contributed by atoms with van der Waals surface area (Å²) in [4.78, 5) is 2.35. The number of nitrogens with one attached hydrogen (secondary N) is 1. The molecule has 1 aliphatic heterocycles. The maximum atomic E-state index is 9.12. The second kappa shape index (κ2) is 6.85. The number of aliphatic hydroxyl groups is 1. The van der Waals surface area contributed by atoms with Crippen molar-refractivity contribution in [2.45, 2.75) is 38.6 Å². The van der Waals surface area contributed by atoms with Crippen molar-refractivity contribution in [3.63, 3.8) is 0 Å². The fourth-order valence-electron chi connectivity index (χ4n) is 2.84. The third-order valence-corrected chi connectivity index (χ3v) is 4.17. The fourth-order valence-corrected chi connectivity index (χ4v) is 2.84. The topological polar surface area (TPSA) is 44.7 Å². The minimum atomic E-state index is 0.251. The van der Waals surface area contributed by atoms with Gasteiger partial charge in [-0.25, -0.2) is 0 Å². The molecule has 1 unspecified atom stereocenters. The Kier molecular flexibility index (Phi) is 5.42. The van der Waals surface area contributed by atoms with Gasteiger partial charge in [-0.1, -0.05) is 6.92 Å². The maximum Gasteiger partial charge on any atom is 0.0558 e. The van der Waals surface area contributed by atoms with Gasteiger partial charge in [0.15, 0.2) is 0 Å². The number of aliphatic hydroxyl groups excluding tert-OH is 1. The van der Waals surface area contributed by atoms with E-state index in [2.05, 4.69) is 17.1 Å². The molecule has 0 aromatic rings. The van der Waals surface area contributed by atoms with Crippen molar-refractivity contribution in [1.29, 1.82) is 0 Å². The molecule has 0 amide bonds. The zero-order valence-electron chi connectivity index (χ0n) is 11.7. The first-order valence-corrected chi connectivity index (χ1v) is 7.42. The molecule has 4 nitrogen and oxygen atoms in total. The second-order valence-corrected chi connectivity index (χ2v) is 5.90. The average molecular weight is 256 g/mol. The Morgan fingerprint density at radius 2 is 2.28 bits per heavy atom. The van der Waals surface area contributed by atoms with E-state index in [4.69, 9.17) is 9.84 Å². The highest BCUT2D eigenvalue weighted by Gasteiger charge is 2.36. The van der Waals surface area contributed by atoms with Gasteiger partial charge >= 0.3 is 0 Å². The van der Waals surface area contributed by atoms with Gasteiger partial charge in [-0.3, -0.25) is 0 Å². The molecule has 0 aromatic heterocycles. The molecule has 1 saturated carbocycles. The average Bonchev–Trinajstić information content (AvgIpc) is 3.21. The number of likely N-dealkylation sites (N-methyl/N-ethyl adjacent to an activating group) is 1. The fraction of sp³-hybridized carbons (Fsp3) is 1.00. The molecule has 1 aliphatic carbocycles. The van der Waals surface area contributed by atoms with Crippen LogP contribution in [0.2, 0.25) is 0 Å². The Morgan fingerprint density at radius 3 is 2.83 bits per heavy atom. The summed E-state index contributed by atoms with van der Waals surface area (Å²) in [6.07, 6.45) is 5.09. The van der Waals surface area contributed by atoms with Crippen molar-refractivity contribution in [3.8, 4) is 0 Å². The first kappa shape index (κ1) is 14.3. The van der Waals surface area contributed by atoms with Crippen LogP contribution in [0.3, 0.4) is 0 Å². The first-order valence-electron chi connectivity index (χ1n) is 7.42. The molecule has 2 rings (SSSR count). The van der Waals surface area contributed by atoms with E-state index in [1.165, 1.54) is 25.7 Å². The van der Waals surface area contributed by atoms with Crippen molar-refractivity contribution in [2.75, 3.05) is 46.0 Å². The molecule has 1 heterocycles. The van der Waals surface area contributed by atoms with E-state index in [0.717, 1.165) is 45.4 Å². The lowest BCUT2D eigenvalue weighted by Gasteiger charge is -2.41. The van der Waals surface area contributed by atoms with Gasteiger partial charge < -0.3 is 20.1 Å². The van der Waals surface area contributed by atoms with Crippen LogP contribution in [0, 0.1) is 5.41 Å². The van der Waals surface area contributed by atoms with Gasteiger partial charge in [0.2, 0.25) is 0 Å². The largest absolute Gasteiger partial charge is 0.395 e. The molecular formula is C14H28N2O2. The van der Waals surface area contributed by atoms with Crippen molar-refractivity contribution in [3.05, 3.63) is 0 Å². The predicted octanol–water partition coefficient (Wildman–Crippen LogP) is 0.849. The van der Waals surface area contributed by atoms with Gasteiger partial charge in [0.05, 0.1) is 13.2 Å². The summed E-state index contributed by atoms with van der Waals surface area (Å²) < 4.78 is 5.73. The van der Waals surface area contributed by atoms with Crippen LogP contribution in [0.25, 0.3) is 0 Å². The normalized spacial score (nSPS) is 28.8. The van der Waals surface area contributed by atoms with Gasteiger partial charge in [-0.2, -0.15) is 0 Å². The first-order chi connectivity index (χ1) is 8.78. The Morgan fingerprint density at radius 1 is 1.44 bits per heavy atom. The minimum absolute atomic E-state index is 0.251. The van der Waals surface area contributed by atoms with Crippen molar-refractivity contribution in [1.82, 2.24) is 10.2 Å². The highest BCUT2D eigenvalue weighted by Crippen LogP contribution is 2.30. The Hall–Kier alpha value is -0.160. The van der Waals surface area contributed by atoms with E-state index in [9.17, 15) is 0 Å². The Labute approximate surface area is 111 Å². The maximum absolute atomic E-state index is 9.12. The van der Waals surface area contributed by atoms with Gasteiger partial charge in [0.25, 0.3) is 0 Å². The van der Waals surface area contributed by atoms with E-state index >= 15 is 0 Å². The molecule has 0 bridgehead atoms. The molecule has 2 aliphatic rings. The number of hydrogen-bond acceptors (Lipinski definition) is 4. The molecule has 18 heavy (non-hydrogen) atoms. The molecule has 4 heteroatoms. The van der Waals surface area contributed by atoms with Crippen LogP contribution >= 0.6 is 0 Å². The SMILES string of the molecule is CCN(CCO)CC1(CNC2CC2)CCCOC1. The van der Waals surface area contributed by atoms with Crippen LogP contribution in [-0.2, 0) is 4.74 Å². The summed E-state index contributed by atoms with van der Waals surface area (Å²) in [6.45, 7) is 8.10. The lowest BCUT2D eigenvalue weighted by Crippen LogP contribution is -2.49. The zero-order chi connectivity index (χ0) is 12.8. The molecule has 1 atom stereocenters. The predicted molar refractivity (Wildman–Crippen MR) is 72.7 cm³/mol. The summed E-state index contributed by atoms with van der Waals surface area (Å²) in [5.74, 6) is 0. The quantitative estimate of drug-likeness (QED) is 0.676. The van der Waals surface area contributed by atoms with Gasteiger partial charge in [0.1, 0.15) is 0 Å². The minimum Gasteiger partial charge on any atom is -0.395 e. The van der Waals surface area contributed by atoms with Crippen LogP contribution in [0.1, 0.15) is 32.6 Å². The zero-order valence-corrected chi connectivity index (χ0v) is 11.7. The van der Waals surface area contributed by atoms with E-state index in [1.807, 2.05) is 0 Å². The Balaban J connectivity index is 1.88. The van der Waals surface area contributed by atoms with Gasteiger partial charge in [-0.05, 0) is 32.2 Å². The summed E-state index contributed by atoms with van der Waals surface area (Å²) in [5, 5.41) is 12.8. The number of nitrogens with zero attached hydrogens (tertiary/aromatic N) is 1. The van der Waals surface area contributed by atoms with E-state index in [1.54, 1.807) is 0 Å². The second-order valence-electron chi connectivity index (χ2n) is 5.90. The number of rotatable bonds is 8. The van der Waals surface area contributed by atoms with Crippen molar-refractivity contribution >= 4 is 0 Å². The van der Waals surface area contributed by atoms with Crippen molar-refractivity contribution in [2.24, 2.45) is 5.41 Å². The smallest absolute Gasteiger partial charge is 0.0558 e. The Bertz CT molecular complexity index is 238. The molecule has 0 radical (unpaired) electrons. The summed E-state index contributed by atoms with van der Waals surface area (Å²) in [7, 11) is 0. The van der Waals surface area contributed by atoms with Crippen LogP contribution in [0.15, 0.2) is 0 Å². The summed E-state index contributed by atoms with van der Waals surface area (Å²) in [6, 6.07) is 0.761. The standard InChI is InChI=1S/C14H28N2O2/c1-2-16(7-8-17)11-14(6-3-9-18-12-14)10-15-13-4-5-13/h13,15,17H,2-12H2,1H3. The lowest BCUT2D eigenvalue weighted by atomic mass is 9.81. The third-order valence-electron chi connectivity index (χ3n) is 4.17. The van der Waals surface area contributed by atoms with E-state index in [0.29, 0.717) is 0 Å². The molecule has 0 spiro atoms. The summed E-state index contributed by atoms with van der Waals surface area (Å²) >= 11 is 0. The monoisotopic (exact) mass is 256 g/mol.